The average molecular weight is 229 g/mol. The molecule has 0 aliphatic rings. The fraction of sp³-hybridized carbons (Fsp3) is 0.364. The molecule has 0 amide bonds. The lowest BCUT2D eigenvalue weighted by Crippen LogP contribution is -2.09. The molecule has 0 spiro atoms. The van der Waals surface area contributed by atoms with Crippen LogP contribution in [0.2, 0.25) is 5.02 Å². The Morgan fingerprint density at radius 3 is 2.40 bits per heavy atom. The third-order valence-corrected chi connectivity index (χ3v) is 2.59. The number of ether oxygens (including phenoxy) is 1. The van der Waals surface area contributed by atoms with Crippen LogP contribution in [0.3, 0.4) is 0 Å². The van der Waals surface area contributed by atoms with Crippen LogP contribution in [0.25, 0.3) is 0 Å². The van der Waals surface area contributed by atoms with E-state index in [1.165, 1.54) is 0 Å². The van der Waals surface area contributed by atoms with Gasteiger partial charge in [0.2, 0.25) is 0 Å². The molecular weight excluding hydrogens is 216 g/mol. The van der Waals surface area contributed by atoms with Gasteiger partial charge in [0.15, 0.2) is 0 Å². The first-order valence-electron chi connectivity index (χ1n) is 4.61. The smallest absolute Gasteiger partial charge is 0.338 e. The van der Waals surface area contributed by atoms with Crippen LogP contribution >= 0.6 is 11.6 Å². The van der Waals surface area contributed by atoms with E-state index >= 15 is 0 Å². The number of aliphatic hydroxyl groups is 1. The normalized spacial score (nSPS) is 10.1. The van der Waals surface area contributed by atoms with Gasteiger partial charge in [0.1, 0.15) is 6.61 Å². The molecule has 0 saturated carbocycles. The minimum absolute atomic E-state index is 0.0134. The summed E-state index contributed by atoms with van der Waals surface area (Å²) in [4.78, 5) is 11.4. The third-order valence-electron chi connectivity index (χ3n) is 2.00. The molecule has 0 unspecified atom stereocenters. The highest BCUT2D eigenvalue weighted by atomic mass is 35.5. The van der Waals surface area contributed by atoms with Gasteiger partial charge in [0.25, 0.3) is 0 Å². The Morgan fingerprint density at radius 1 is 1.40 bits per heavy atom. The molecule has 4 heteroatoms. The minimum Gasteiger partial charge on any atom is -0.460 e. The summed E-state index contributed by atoms with van der Waals surface area (Å²) in [6.07, 6.45) is 0. The largest absolute Gasteiger partial charge is 0.460 e. The van der Waals surface area contributed by atoms with Crippen molar-refractivity contribution in [2.45, 2.75) is 13.8 Å². The van der Waals surface area contributed by atoms with Gasteiger partial charge in [0, 0.05) is 5.02 Å². The lowest BCUT2D eigenvalue weighted by Gasteiger charge is -2.07. The summed E-state index contributed by atoms with van der Waals surface area (Å²) < 4.78 is 4.80. The van der Waals surface area contributed by atoms with E-state index in [2.05, 4.69) is 0 Å². The van der Waals surface area contributed by atoms with E-state index in [1.807, 2.05) is 13.8 Å². The van der Waals surface area contributed by atoms with E-state index in [4.69, 9.17) is 21.4 Å². The lowest BCUT2D eigenvalue weighted by molar-refractivity contribution is 0.0433. The minimum atomic E-state index is -0.438. The molecule has 1 rings (SSSR count). The summed E-state index contributed by atoms with van der Waals surface area (Å²) >= 11 is 5.97. The zero-order valence-corrected chi connectivity index (χ0v) is 9.47. The maximum Gasteiger partial charge on any atom is 0.338 e. The summed E-state index contributed by atoms with van der Waals surface area (Å²) in [5, 5.41) is 9.18. The van der Waals surface area contributed by atoms with Gasteiger partial charge in [-0.25, -0.2) is 4.79 Å². The topological polar surface area (TPSA) is 46.5 Å². The first kappa shape index (κ1) is 12.0. The Hall–Kier alpha value is -1.06. The number of esters is 1. The highest BCUT2D eigenvalue weighted by molar-refractivity contribution is 6.32. The van der Waals surface area contributed by atoms with Crippen molar-refractivity contribution in [3.8, 4) is 0 Å². The second-order valence-corrected chi connectivity index (χ2v) is 3.66. The standard InChI is InChI=1S/C11H13ClO3/c1-7-5-9(6-8(2)10(7)12)11(14)15-4-3-13/h5-6,13H,3-4H2,1-2H3. The van der Waals surface area contributed by atoms with Crippen molar-refractivity contribution >= 4 is 17.6 Å². The molecule has 1 aromatic rings. The monoisotopic (exact) mass is 228 g/mol. The van der Waals surface area contributed by atoms with Crippen LogP contribution in [0.5, 0.6) is 0 Å². The van der Waals surface area contributed by atoms with Crippen LogP contribution in [0.4, 0.5) is 0 Å². The summed E-state index contributed by atoms with van der Waals surface area (Å²) in [6, 6.07) is 3.35. The second kappa shape index (κ2) is 5.14. The molecule has 0 bridgehead atoms. The molecule has 0 heterocycles. The molecule has 1 N–H and O–H groups in total. The quantitative estimate of drug-likeness (QED) is 0.806. The molecule has 82 valence electrons. The Bertz CT molecular complexity index is 351. The van der Waals surface area contributed by atoms with Crippen molar-refractivity contribution in [2.24, 2.45) is 0 Å². The van der Waals surface area contributed by atoms with Crippen LogP contribution in [0.15, 0.2) is 12.1 Å². The van der Waals surface area contributed by atoms with Gasteiger partial charge >= 0.3 is 5.97 Å². The number of hydrogen-bond acceptors (Lipinski definition) is 3. The van der Waals surface area contributed by atoms with Gasteiger partial charge in [-0.05, 0) is 37.1 Å². The van der Waals surface area contributed by atoms with Crippen molar-refractivity contribution in [3.63, 3.8) is 0 Å². The van der Waals surface area contributed by atoms with E-state index in [0.29, 0.717) is 10.6 Å². The van der Waals surface area contributed by atoms with Crippen LogP contribution in [-0.4, -0.2) is 24.3 Å². The SMILES string of the molecule is Cc1cc(C(=O)OCCO)cc(C)c1Cl. The lowest BCUT2D eigenvalue weighted by atomic mass is 10.1. The molecule has 0 fully saturated rings. The first-order valence-corrected chi connectivity index (χ1v) is 4.98. The third kappa shape index (κ3) is 2.94. The Balaban J connectivity index is 2.91. The number of carbonyl (C=O) groups excluding carboxylic acids is 1. The second-order valence-electron chi connectivity index (χ2n) is 3.28. The summed E-state index contributed by atoms with van der Waals surface area (Å²) in [5.74, 6) is -0.438. The van der Waals surface area contributed by atoms with Crippen molar-refractivity contribution < 1.29 is 14.6 Å². The van der Waals surface area contributed by atoms with Gasteiger partial charge in [-0.2, -0.15) is 0 Å². The first-order chi connectivity index (χ1) is 7.06. The molecule has 15 heavy (non-hydrogen) atoms. The fourth-order valence-corrected chi connectivity index (χ4v) is 1.39. The average Bonchev–Trinajstić information content (AvgIpc) is 2.21. The van der Waals surface area contributed by atoms with Gasteiger partial charge in [-0.15, -0.1) is 0 Å². The zero-order valence-electron chi connectivity index (χ0n) is 8.71. The van der Waals surface area contributed by atoms with Crippen LogP contribution in [-0.2, 0) is 4.74 Å². The van der Waals surface area contributed by atoms with Crippen LogP contribution in [0, 0.1) is 13.8 Å². The maximum absolute atomic E-state index is 11.4. The van der Waals surface area contributed by atoms with Crippen LogP contribution < -0.4 is 0 Å². The molecule has 0 aliphatic heterocycles. The van der Waals surface area contributed by atoms with E-state index in [0.717, 1.165) is 11.1 Å². The predicted octanol–water partition coefficient (Wildman–Crippen LogP) is 2.11. The number of aryl methyl sites for hydroxylation is 2. The highest BCUT2D eigenvalue weighted by Gasteiger charge is 2.10. The molecule has 0 aromatic heterocycles. The number of rotatable bonds is 3. The number of carbonyl (C=O) groups is 1. The molecule has 0 saturated heterocycles. The number of halogens is 1. The molecule has 0 atom stereocenters. The Kier molecular flexibility index (Phi) is 4.12. The van der Waals surface area contributed by atoms with Gasteiger partial charge in [0.05, 0.1) is 12.2 Å². The van der Waals surface area contributed by atoms with Crippen molar-refractivity contribution in [2.75, 3.05) is 13.2 Å². The molecular formula is C11H13ClO3. The predicted molar refractivity (Wildman–Crippen MR) is 58.3 cm³/mol. The number of hydrogen-bond donors (Lipinski definition) is 1. The Morgan fingerprint density at radius 2 is 1.93 bits per heavy atom. The van der Waals surface area contributed by atoms with E-state index in [1.54, 1.807) is 12.1 Å². The van der Waals surface area contributed by atoms with E-state index in [9.17, 15) is 4.79 Å². The maximum atomic E-state index is 11.4. The summed E-state index contributed by atoms with van der Waals surface area (Å²) in [5.41, 5.74) is 2.14. The molecule has 0 aliphatic carbocycles. The molecule has 1 aromatic carbocycles. The van der Waals surface area contributed by atoms with Gasteiger partial charge in [-0.1, -0.05) is 11.6 Å². The van der Waals surface area contributed by atoms with Crippen molar-refractivity contribution in [1.29, 1.82) is 0 Å². The van der Waals surface area contributed by atoms with Crippen LogP contribution in [0.1, 0.15) is 21.5 Å². The van der Waals surface area contributed by atoms with Crippen molar-refractivity contribution in [3.05, 3.63) is 33.8 Å². The molecule has 0 radical (unpaired) electrons. The number of benzene rings is 1. The van der Waals surface area contributed by atoms with E-state index < -0.39 is 5.97 Å². The Labute approximate surface area is 93.6 Å². The molecule has 3 nitrogen and oxygen atoms in total. The highest BCUT2D eigenvalue weighted by Crippen LogP contribution is 2.22. The fourth-order valence-electron chi connectivity index (χ4n) is 1.29. The van der Waals surface area contributed by atoms with Gasteiger partial charge in [-0.3, -0.25) is 0 Å². The summed E-state index contributed by atoms with van der Waals surface area (Å²) in [7, 11) is 0. The summed E-state index contributed by atoms with van der Waals surface area (Å²) in [6.45, 7) is 3.51. The zero-order chi connectivity index (χ0) is 11.4. The van der Waals surface area contributed by atoms with Gasteiger partial charge < -0.3 is 9.84 Å². The van der Waals surface area contributed by atoms with E-state index in [-0.39, 0.29) is 13.2 Å². The number of aliphatic hydroxyl groups excluding tert-OH is 1. The van der Waals surface area contributed by atoms with Crippen molar-refractivity contribution in [1.82, 2.24) is 0 Å².